The van der Waals surface area contributed by atoms with Gasteiger partial charge in [0.1, 0.15) is 11.8 Å². The van der Waals surface area contributed by atoms with Gasteiger partial charge in [0.15, 0.2) is 5.90 Å². The lowest BCUT2D eigenvalue weighted by Gasteiger charge is -2.39. The van der Waals surface area contributed by atoms with Crippen molar-refractivity contribution in [3.05, 3.63) is 11.6 Å². The number of hydrogen-bond donors (Lipinski definition) is 4. The average molecular weight is 545 g/mol. The summed E-state index contributed by atoms with van der Waals surface area (Å²) in [5.74, 6) is 0.342. The minimum atomic E-state index is -0.166. The van der Waals surface area contributed by atoms with E-state index < -0.39 is 0 Å². The van der Waals surface area contributed by atoms with Crippen LogP contribution in [-0.4, -0.2) is 67.9 Å². The number of aliphatic hydroxyl groups excluding tert-OH is 1. The molecule has 222 valence electrons. The Morgan fingerprint density at radius 2 is 1.32 bits per heavy atom. The fourth-order valence-electron chi connectivity index (χ4n) is 4.65. The Morgan fingerprint density at radius 3 is 1.81 bits per heavy atom. The van der Waals surface area contributed by atoms with E-state index in [9.17, 15) is 0 Å². The lowest BCUT2D eigenvalue weighted by atomic mass is 10.0. The summed E-state index contributed by atoms with van der Waals surface area (Å²) in [6.45, 7) is 15.2. The topological polar surface area (TPSA) is 77.2 Å². The normalized spacial score (nSPS) is 17.0. The van der Waals surface area contributed by atoms with Crippen molar-refractivity contribution in [1.82, 2.24) is 0 Å². The molecular formula is C31H66N3O2S+. The number of ether oxygens (including phenoxy) is 1. The van der Waals surface area contributed by atoms with Gasteiger partial charge in [0.05, 0.1) is 26.7 Å². The smallest absolute Gasteiger partial charge is 0.198 e. The Labute approximate surface area is 237 Å². The summed E-state index contributed by atoms with van der Waals surface area (Å²) in [5, 5.41) is 20.6. The van der Waals surface area contributed by atoms with Crippen molar-refractivity contribution in [1.29, 1.82) is 10.8 Å². The van der Waals surface area contributed by atoms with Crippen molar-refractivity contribution < 1.29 is 14.3 Å². The van der Waals surface area contributed by atoms with Crippen molar-refractivity contribution in [2.45, 2.75) is 136 Å². The summed E-state index contributed by atoms with van der Waals surface area (Å²) in [4.78, 5) is 0. The largest absolute Gasteiger partial charge is 0.480 e. The molecule has 0 aromatic carbocycles. The molecule has 0 spiro atoms. The third-order valence-electron chi connectivity index (χ3n) is 6.80. The van der Waals surface area contributed by atoms with Crippen LogP contribution in [-0.2, 0) is 4.74 Å². The maximum Gasteiger partial charge on any atom is 0.198 e. The van der Waals surface area contributed by atoms with Crippen molar-refractivity contribution >= 4 is 25.2 Å². The first kappa shape index (κ1) is 40.6. The van der Waals surface area contributed by atoms with E-state index in [4.69, 9.17) is 33.3 Å². The maximum absolute atomic E-state index is 8.29. The molecule has 2 unspecified atom stereocenters. The summed E-state index contributed by atoms with van der Waals surface area (Å²) in [6.07, 6.45) is 23.5. The minimum Gasteiger partial charge on any atom is -0.480 e. The predicted molar refractivity (Wildman–Crippen MR) is 170 cm³/mol. The number of nitrogens with one attached hydrogen (secondary N) is 2. The number of nitrogens with zero attached hydrogens (tertiary/aromatic N) is 1. The zero-order chi connectivity index (χ0) is 28.8. The number of unbranched alkanes of at least 4 members (excludes halogenated alkanes) is 13. The van der Waals surface area contributed by atoms with E-state index in [1.807, 2.05) is 13.8 Å². The first-order valence-electron chi connectivity index (χ1n) is 15.2. The lowest BCUT2D eigenvalue weighted by Crippen LogP contribution is -2.50. The van der Waals surface area contributed by atoms with Gasteiger partial charge in [-0.05, 0) is 26.0 Å². The molecule has 1 rings (SSSR count). The highest BCUT2D eigenvalue weighted by Gasteiger charge is 2.30. The Kier molecular flexibility index (Phi) is 34.5. The van der Waals surface area contributed by atoms with Gasteiger partial charge >= 0.3 is 0 Å². The number of quaternary nitrogens is 1. The number of likely N-dealkylation sites (N-methyl/N-ethyl adjacent to an activating group) is 1. The molecule has 0 saturated heterocycles. The SMILES string of the molecule is C=N.CC.CCCCCCCCCCCCC[N+]1(C)CCC=C(C(S)C(=N)OCCCCCC)C1.CO. The van der Waals surface area contributed by atoms with Gasteiger partial charge < -0.3 is 19.7 Å². The molecule has 2 atom stereocenters. The summed E-state index contributed by atoms with van der Waals surface area (Å²) in [6, 6.07) is 0. The van der Waals surface area contributed by atoms with Gasteiger partial charge in [-0.15, -0.1) is 0 Å². The summed E-state index contributed by atoms with van der Waals surface area (Å²) < 4.78 is 6.80. The highest BCUT2D eigenvalue weighted by Crippen LogP contribution is 2.24. The third kappa shape index (κ3) is 24.0. The quantitative estimate of drug-likeness (QED) is 0.0327. The maximum atomic E-state index is 8.29. The molecule has 0 aliphatic carbocycles. The molecule has 0 bridgehead atoms. The van der Waals surface area contributed by atoms with Gasteiger partial charge in [-0.2, -0.15) is 12.6 Å². The summed E-state index contributed by atoms with van der Waals surface area (Å²) >= 11 is 4.75. The fourth-order valence-corrected chi connectivity index (χ4v) is 4.91. The first-order valence-corrected chi connectivity index (χ1v) is 15.8. The highest BCUT2D eigenvalue weighted by atomic mass is 32.1. The van der Waals surface area contributed by atoms with Crippen molar-refractivity contribution in [3.8, 4) is 0 Å². The first-order chi connectivity index (χ1) is 18.0. The van der Waals surface area contributed by atoms with Gasteiger partial charge in [-0.1, -0.05) is 111 Å². The predicted octanol–water partition coefficient (Wildman–Crippen LogP) is 8.85. The Balaban J connectivity index is -0.00000179. The Morgan fingerprint density at radius 1 is 0.892 bits per heavy atom. The molecule has 0 saturated carbocycles. The fraction of sp³-hybridized carbons (Fsp3) is 0.871. The number of hydrogen-bond acceptors (Lipinski definition) is 5. The van der Waals surface area contributed by atoms with Gasteiger partial charge in [0, 0.05) is 19.1 Å². The Hall–Kier alpha value is -0.850. The van der Waals surface area contributed by atoms with E-state index in [-0.39, 0.29) is 5.25 Å². The number of thiol groups is 1. The van der Waals surface area contributed by atoms with E-state index in [1.165, 1.54) is 109 Å². The molecule has 1 heterocycles. The average Bonchev–Trinajstić information content (AvgIpc) is 2.94. The van der Waals surface area contributed by atoms with Crippen LogP contribution in [0.3, 0.4) is 0 Å². The van der Waals surface area contributed by atoms with Gasteiger partial charge in [0.2, 0.25) is 0 Å². The zero-order valence-electron chi connectivity index (χ0n) is 25.8. The van der Waals surface area contributed by atoms with Crippen LogP contribution in [0.2, 0.25) is 0 Å². The molecular weight excluding hydrogens is 478 g/mol. The second-order valence-corrected chi connectivity index (χ2v) is 10.5. The minimum absolute atomic E-state index is 0.166. The second-order valence-electron chi connectivity index (χ2n) is 10.0. The van der Waals surface area contributed by atoms with Crippen LogP contribution in [0.15, 0.2) is 11.6 Å². The molecule has 0 aromatic heterocycles. The van der Waals surface area contributed by atoms with E-state index in [0.29, 0.717) is 12.5 Å². The standard InChI is InChI=1S/C27H52N2OS.C2H6.CH3N.CH4O/c1-4-6-8-10-11-12-13-14-15-16-17-21-29(3)22-19-20-25(24-29)26(31)27(28)30-23-18-9-7-5-2;3*1-2/h20,26,28H,4-19,21-24H2,1-3H3;1-2H3;2H,1H2;2H,1H3/p+1. The lowest BCUT2D eigenvalue weighted by molar-refractivity contribution is -0.906. The van der Waals surface area contributed by atoms with Crippen LogP contribution < -0.4 is 0 Å². The van der Waals surface area contributed by atoms with Crippen LogP contribution in [0.4, 0.5) is 0 Å². The number of rotatable bonds is 19. The summed E-state index contributed by atoms with van der Waals surface area (Å²) in [7, 11) is 3.39. The van der Waals surface area contributed by atoms with Crippen LogP contribution in [0, 0.1) is 10.8 Å². The van der Waals surface area contributed by atoms with Gasteiger partial charge in [-0.3, -0.25) is 5.41 Å². The number of aliphatic hydroxyl groups is 1. The van der Waals surface area contributed by atoms with E-state index in [0.717, 1.165) is 31.0 Å². The zero-order valence-corrected chi connectivity index (χ0v) is 26.6. The van der Waals surface area contributed by atoms with Crippen LogP contribution in [0.5, 0.6) is 0 Å². The molecule has 6 heteroatoms. The van der Waals surface area contributed by atoms with Crippen molar-refractivity contribution in [2.75, 3.05) is 40.4 Å². The monoisotopic (exact) mass is 544 g/mol. The molecule has 0 fully saturated rings. The van der Waals surface area contributed by atoms with Crippen molar-refractivity contribution in [2.24, 2.45) is 0 Å². The molecule has 5 nitrogen and oxygen atoms in total. The van der Waals surface area contributed by atoms with Crippen LogP contribution in [0.25, 0.3) is 0 Å². The second kappa shape index (κ2) is 31.4. The van der Waals surface area contributed by atoms with E-state index >= 15 is 0 Å². The molecule has 0 radical (unpaired) electrons. The molecule has 1 aliphatic rings. The highest BCUT2D eigenvalue weighted by molar-refractivity contribution is 7.82. The van der Waals surface area contributed by atoms with E-state index in [2.05, 4.69) is 33.7 Å². The molecule has 0 aromatic rings. The van der Waals surface area contributed by atoms with Gasteiger partial charge in [-0.25, -0.2) is 0 Å². The Bertz CT molecular complexity index is 517. The van der Waals surface area contributed by atoms with Crippen LogP contribution in [0.1, 0.15) is 130 Å². The van der Waals surface area contributed by atoms with Crippen molar-refractivity contribution in [3.63, 3.8) is 0 Å². The van der Waals surface area contributed by atoms with Crippen LogP contribution >= 0.6 is 12.6 Å². The van der Waals surface area contributed by atoms with E-state index in [1.54, 1.807) is 0 Å². The molecule has 37 heavy (non-hydrogen) atoms. The molecule has 0 amide bonds. The van der Waals surface area contributed by atoms with Gasteiger partial charge in [0.25, 0.3) is 0 Å². The molecule has 3 N–H and O–H groups in total. The summed E-state index contributed by atoms with van der Waals surface area (Å²) in [5.41, 5.74) is 1.29. The molecule has 1 aliphatic heterocycles. The third-order valence-corrected chi connectivity index (χ3v) is 7.36.